The molecule has 1 fully saturated rings. The summed E-state index contributed by atoms with van der Waals surface area (Å²) >= 11 is 5.88. The lowest BCUT2D eigenvalue weighted by Gasteiger charge is -2.30. The minimum Gasteiger partial charge on any atom is -0.378 e. The molecule has 0 aliphatic carbocycles. The van der Waals surface area contributed by atoms with E-state index in [-0.39, 0.29) is 18.0 Å². The van der Waals surface area contributed by atoms with Gasteiger partial charge in [0.15, 0.2) is 0 Å². The number of ether oxygens (including phenoxy) is 1. The molecule has 0 bridgehead atoms. The van der Waals surface area contributed by atoms with Crippen molar-refractivity contribution < 1.29 is 9.53 Å². The van der Waals surface area contributed by atoms with Crippen LogP contribution < -0.4 is 5.32 Å². The van der Waals surface area contributed by atoms with Gasteiger partial charge in [-0.3, -0.25) is 4.79 Å². The summed E-state index contributed by atoms with van der Waals surface area (Å²) in [6, 6.07) is 7.89. The minimum absolute atomic E-state index is 0.154. The summed E-state index contributed by atoms with van der Waals surface area (Å²) in [7, 11) is 0. The normalized spacial score (nSPS) is 18.3. The van der Waals surface area contributed by atoms with Crippen LogP contribution in [0.15, 0.2) is 24.3 Å². The van der Waals surface area contributed by atoms with E-state index in [4.69, 9.17) is 16.3 Å². The molecule has 1 amide bonds. The molecule has 5 heteroatoms. The standard InChI is InChI=1S/C16H23ClN2O2/c1-12(11-14-3-5-15(17)6-4-14)18-13(2)16(20)19-7-9-21-10-8-19/h3-6,12-13,18H,7-11H2,1-2H3/t12-,13-/m0/s1. The van der Waals surface area contributed by atoms with E-state index in [1.54, 1.807) is 0 Å². The van der Waals surface area contributed by atoms with Gasteiger partial charge in [0.05, 0.1) is 19.3 Å². The monoisotopic (exact) mass is 310 g/mol. The second kappa shape index (κ2) is 7.78. The van der Waals surface area contributed by atoms with E-state index < -0.39 is 0 Å². The van der Waals surface area contributed by atoms with E-state index in [1.807, 2.05) is 36.1 Å². The van der Waals surface area contributed by atoms with Crippen LogP contribution in [0.2, 0.25) is 5.02 Å². The van der Waals surface area contributed by atoms with Crippen molar-refractivity contribution in [3.63, 3.8) is 0 Å². The predicted octanol–water partition coefficient (Wildman–Crippen LogP) is 2.11. The molecule has 2 rings (SSSR count). The number of rotatable bonds is 5. The summed E-state index contributed by atoms with van der Waals surface area (Å²) in [6.45, 7) is 6.68. The molecule has 1 aliphatic rings. The quantitative estimate of drug-likeness (QED) is 0.905. The number of halogens is 1. The minimum atomic E-state index is -0.176. The number of carbonyl (C=O) groups is 1. The molecule has 1 aliphatic heterocycles. The first-order valence-corrected chi connectivity index (χ1v) is 7.81. The van der Waals surface area contributed by atoms with Crippen LogP contribution in [-0.4, -0.2) is 49.2 Å². The Hall–Kier alpha value is -1.10. The summed E-state index contributed by atoms with van der Waals surface area (Å²) in [5.41, 5.74) is 1.21. The highest BCUT2D eigenvalue weighted by molar-refractivity contribution is 6.30. The molecule has 0 unspecified atom stereocenters. The zero-order valence-electron chi connectivity index (χ0n) is 12.6. The average molecular weight is 311 g/mol. The summed E-state index contributed by atoms with van der Waals surface area (Å²) in [5, 5.41) is 4.12. The van der Waals surface area contributed by atoms with E-state index in [2.05, 4.69) is 12.2 Å². The summed E-state index contributed by atoms with van der Waals surface area (Å²) in [4.78, 5) is 14.2. The van der Waals surface area contributed by atoms with Gasteiger partial charge in [-0.1, -0.05) is 23.7 Å². The van der Waals surface area contributed by atoms with Crippen LogP contribution >= 0.6 is 11.6 Å². The molecule has 0 saturated carbocycles. The maximum Gasteiger partial charge on any atom is 0.239 e. The van der Waals surface area contributed by atoms with Crippen molar-refractivity contribution in [3.05, 3.63) is 34.9 Å². The molecule has 1 heterocycles. The Bertz CT molecular complexity index is 458. The van der Waals surface area contributed by atoms with Crippen molar-refractivity contribution in [3.8, 4) is 0 Å². The Morgan fingerprint density at radius 3 is 2.52 bits per heavy atom. The third-order valence-corrected chi connectivity index (χ3v) is 3.93. The SMILES string of the molecule is C[C@H](N[C@@H](C)Cc1ccc(Cl)cc1)C(=O)N1CCOCC1. The van der Waals surface area contributed by atoms with E-state index in [9.17, 15) is 4.79 Å². The Morgan fingerprint density at radius 2 is 1.90 bits per heavy atom. The van der Waals surface area contributed by atoms with Crippen LogP contribution in [0.3, 0.4) is 0 Å². The van der Waals surface area contributed by atoms with Gasteiger partial charge in [0.1, 0.15) is 0 Å². The highest BCUT2D eigenvalue weighted by Gasteiger charge is 2.23. The molecule has 21 heavy (non-hydrogen) atoms. The van der Waals surface area contributed by atoms with Gasteiger partial charge in [-0.15, -0.1) is 0 Å². The zero-order chi connectivity index (χ0) is 15.2. The van der Waals surface area contributed by atoms with E-state index in [0.29, 0.717) is 26.3 Å². The maximum atomic E-state index is 12.3. The molecule has 1 saturated heterocycles. The second-order valence-electron chi connectivity index (χ2n) is 5.56. The number of nitrogens with zero attached hydrogens (tertiary/aromatic N) is 1. The van der Waals surface area contributed by atoms with Gasteiger partial charge < -0.3 is 15.0 Å². The Labute approximate surface area is 131 Å². The topological polar surface area (TPSA) is 41.6 Å². The third-order valence-electron chi connectivity index (χ3n) is 3.68. The fourth-order valence-electron chi connectivity index (χ4n) is 2.59. The maximum absolute atomic E-state index is 12.3. The van der Waals surface area contributed by atoms with Gasteiger partial charge in [0.2, 0.25) is 5.91 Å². The molecular formula is C16H23ClN2O2. The first kappa shape index (κ1) is 16.3. The van der Waals surface area contributed by atoms with Crippen molar-refractivity contribution in [1.29, 1.82) is 0 Å². The van der Waals surface area contributed by atoms with Crippen molar-refractivity contribution in [2.75, 3.05) is 26.3 Å². The number of nitrogens with one attached hydrogen (secondary N) is 1. The molecule has 4 nitrogen and oxygen atoms in total. The highest BCUT2D eigenvalue weighted by Crippen LogP contribution is 2.11. The molecule has 1 aromatic carbocycles. The smallest absolute Gasteiger partial charge is 0.239 e. The van der Waals surface area contributed by atoms with Gasteiger partial charge >= 0.3 is 0 Å². The zero-order valence-corrected chi connectivity index (χ0v) is 13.4. The van der Waals surface area contributed by atoms with Gasteiger partial charge in [0.25, 0.3) is 0 Å². The summed E-state index contributed by atoms with van der Waals surface area (Å²) in [6.07, 6.45) is 0.873. The van der Waals surface area contributed by atoms with Crippen LogP contribution in [0.5, 0.6) is 0 Å². The first-order chi connectivity index (χ1) is 10.1. The number of benzene rings is 1. The Morgan fingerprint density at radius 1 is 1.29 bits per heavy atom. The van der Waals surface area contributed by atoms with Crippen molar-refractivity contribution in [2.24, 2.45) is 0 Å². The highest BCUT2D eigenvalue weighted by atomic mass is 35.5. The molecule has 0 aromatic heterocycles. The van der Waals surface area contributed by atoms with Crippen LogP contribution in [0, 0.1) is 0 Å². The van der Waals surface area contributed by atoms with Crippen LogP contribution in [0.4, 0.5) is 0 Å². The van der Waals surface area contributed by atoms with Crippen LogP contribution in [0.25, 0.3) is 0 Å². The molecule has 116 valence electrons. The fraction of sp³-hybridized carbons (Fsp3) is 0.562. The second-order valence-corrected chi connectivity index (χ2v) is 5.99. The van der Waals surface area contributed by atoms with Gasteiger partial charge in [-0.2, -0.15) is 0 Å². The summed E-state index contributed by atoms with van der Waals surface area (Å²) in [5.74, 6) is 0.154. The lowest BCUT2D eigenvalue weighted by molar-refractivity contribution is -0.137. The van der Waals surface area contributed by atoms with E-state index in [1.165, 1.54) is 5.56 Å². The molecule has 0 spiro atoms. The molecule has 0 radical (unpaired) electrons. The number of carbonyl (C=O) groups excluding carboxylic acids is 1. The first-order valence-electron chi connectivity index (χ1n) is 7.43. The fourth-order valence-corrected chi connectivity index (χ4v) is 2.71. The van der Waals surface area contributed by atoms with Gasteiger partial charge in [0, 0.05) is 24.2 Å². The Balaban J connectivity index is 1.82. The number of morpholine rings is 1. The average Bonchev–Trinajstić information content (AvgIpc) is 2.49. The third kappa shape index (κ3) is 4.99. The molecule has 1 aromatic rings. The van der Waals surface area contributed by atoms with Gasteiger partial charge in [-0.05, 0) is 38.0 Å². The lowest BCUT2D eigenvalue weighted by atomic mass is 10.1. The summed E-state index contributed by atoms with van der Waals surface area (Å²) < 4.78 is 5.27. The largest absolute Gasteiger partial charge is 0.378 e. The molecule has 1 N–H and O–H groups in total. The van der Waals surface area contributed by atoms with E-state index in [0.717, 1.165) is 11.4 Å². The van der Waals surface area contributed by atoms with Crippen molar-refractivity contribution >= 4 is 17.5 Å². The molecule has 2 atom stereocenters. The van der Waals surface area contributed by atoms with E-state index >= 15 is 0 Å². The Kier molecular flexibility index (Phi) is 6.03. The molecular weight excluding hydrogens is 288 g/mol. The van der Waals surface area contributed by atoms with Crippen LogP contribution in [-0.2, 0) is 16.0 Å². The van der Waals surface area contributed by atoms with Crippen molar-refractivity contribution in [2.45, 2.75) is 32.4 Å². The number of hydrogen-bond acceptors (Lipinski definition) is 3. The predicted molar refractivity (Wildman–Crippen MR) is 84.6 cm³/mol. The van der Waals surface area contributed by atoms with Gasteiger partial charge in [-0.25, -0.2) is 0 Å². The van der Waals surface area contributed by atoms with Crippen molar-refractivity contribution in [1.82, 2.24) is 10.2 Å². The van der Waals surface area contributed by atoms with Crippen LogP contribution in [0.1, 0.15) is 19.4 Å². The number of hydrogen-bond donors (Lipinski definition) is 1. The number of amides is 1. The lowest BCUT2D eigenvalue weighted by Crippen LogP contribution is -2.51.